The van der Waals surface area contributed by atoms with Crippen molar-refractivity contribution >= 4 is 0 Å². The Balaban J connectivity index is 1.12. The van der Waals surface area contributed by atoms with Crippen molar-refractivity contribution in [1.29, 1.82) is 0 Å². The maximum Gasteiger partial charge on any atom is 0.383 e. The number of rotatable bonds is 10. The standard InChI is InChI=1S/C34H36F6O3/c1-2-3-4-5-21-6-11-26(12-7-21)34(39,40)43-27-13-8-22(9-14-27)23-10-15-28(29(35)16-23)25-19-41-33(42-20-25)24-17-30(36)32(38)31(37)18-24/h6-7,10-12,15-18,22,25,27,33H,2-5,8-9,13-14,19-20H2,1H3. The van der Waals surface area contributed by atoms with Gasteiger partial charge in [0.05, 0.1) is 24.9 Å². The van der Waals surface area contributed by atoms with E-state index in [0.29, 0.717) is 31.2 Å². The lowest BCUT2D eigenvalue weighted by Crippen LogP contribution is -2.29. The molecule has 2 fully saturated rings. The second kappa shape index (κ2) is 13.8. The van der Waals surface area contributed by atoms with Crippen LogP contribution in [0.5, 0.6) is 0 Å². The molecule has 1 heterocycles. The Labute approximate surface area is 248 Å². The van der Waals surface area contributed by atoms with E-state index in [2.05, 4.69) is 6.92 Å². The molecule has 9 heteroatoms. The van der Waals surface area contributed by atoms with E-state index in [1.165, 1.54) is 18.2 Å². The normalized spacial score (nSPS) is 23.0. The lowest BCUT2D eigenvalue weighted by molar-refractivity contribution is -0.277. The van der Waals surface area contributed by atoms with Crippen molar-refractivity contribution in [3.63, 3.8) is 0 Å². The van der Waals surface area contributed by atoms with Crippen molar-refractivity contribution in [2.45, 2.75) is 88.6 Å². The van der Waals surface area contributed by atoms with Crippen molar-refractivity contribution < 1.29 is 40.6 Å². The number of aryl methyl sites for hydroxylation is 1. The molecule has 2 aliphatic rings. The summed E-state index contributed by atoms with van der Waals surface area (Å²) in [4.78, 5) is 0. The van der Waals surface area contributed by atoms with Crippen LogP contribution in [0.4, 0.5) is 26.3 Å². The van der Waals surface area contributed by atoms with E-state index in [1.807, 2.05) is 6.07 Å². The van der Waals surface area contributed by atoms with Gasteiger partial charge in [0.2, 0.25) is 0 Å². The quantitative estimate of drug-likeness (QED) is 0.131. The maximum absolute atomic E-state index is 15.2. The molecule has 1 saturated heterocycles. The zero-order valence-corrected chi connectivity index (χ0v) is 24.1. The predicted molar refractivity (Wildman–Crippen MR) is 150 cm³/mol. The highest BCUT2D eigenvalue weighted by Crippen LogP contribution is 2.40. The Hall–Kier alpha value is -2.88. The van der Waals surface area contributed by atoms with E-state index in [4.69, 9.17) is 14.2 Å². The summed E-state index contributed by atoms with van der Waals surface area (Å²) in [6.07, 6.45) is 1.13. The highest BCUT2D eigenvalue weighted by Gasteiger charge is 2.38. The van der Waals surface area contributed by atoms with E-state index >= 15 is 4.39 Å². The van der Waals surface area contributed by atoms with Gasteiger partial charge in [-0.3, -0.25) is 0 Å². The number of benzene rings is 3. The van der Waals surface area contributed by atoms with E-state index in [0.717, 1.165) is 48.9 Å². The van der Waals surface area contributed by atoms with Gasteiger partial charge in [0, 0.05) is 11.5 Å². The van der Waals surface area contributed by atoms with Crippen molar-refractivity contribution in [3.8, 4) is 0 Å². The van der Waals surface area contributed by atoms with E-state index in [9.17, 15) is 22.0 Å². The third-order valence-corrected chi connectivity index (χ3v) is 8.46. The highest BCUT2D eigenvalue weighted by atomic mass is 19.3. The number of unbranched alkanes of at least 4 members (excludes halogenated alkanes) is 2. The molecule has 43 heavy (non-hydrogen) atoms. The molecule has 1 aliphatic carbocycles. The van der Waals surface area contributed by atoms with Crippen LogP contribution >= 0.6 is 0 Å². The van der Waals surface area contributed by atoms with Crippen molar-refractivity contribution in [2.24, 2.45) is 0 Å². The molecule has 1 aliphatic heterocycles. The van der Waals surface area contributed by atoms with E-state index < -0.39 is 47.7 Å². The summed E-state index contributed by atoms with van der Waals surface area (Å²) in [6.45, 7) is 2.21. The average Bonchev–Trinajstić information content (AvgIpc) is 3.00. The van der Waals surface area contributed by atoms with E-state index in [1.54, 1.807) is 18.2 Å². The fourth-order valence-corrected chi connectivity index (χ4v) is 5.95. The lowest BCUT2D eigenvalue weighted by atomic mass is 9.82. The van der Waals surface area contributed by atoms with Crippen LogP contribution in [0.3, 0.4) is 0 Å². The van der Waals surface area contributed by atoms with Gasteiger partial charge >= 0.3 is 6.11 Å². The van der Waals surface area contributed by atoms with Gasteiger partial charge in [-0.25, -0.2) is 17.6 Å². The zero-order chi connectivity index (χ0) is 30.6. The van der Waals surface area contributed by atoms with Crippen LogP contribution in [-0.4, -0.2) is 19.3 Å². The summed E-state index contributed by atoms with van der Waals surface area (Å²) < 4.78 is 102. The van der Waals surface area contributed by atoms with Crippen LogP contribution in [0.1, 0.15) is 97.8 Å². The van der Waals surface area contributed by atoms with Crippen molar-refractivity contribution in [2.75, 3.05) is 13.2 Å². The number of ether oxygens (including phenoxy) is 3. The molecule has 3 aromatic carbocycles. The van der Waals surface area contributed by atoms with Gasteiger partial charge in [0.15, 0.2) is 23.7 Å². The Morgan fingerprint density at radius 3 is 1.98 bits per heavy atom. The molecule has 0 unspecified atom stereocenters. The predicted octanol–water partition coefficient (Wildman–Crippen LogP) is 9.60. The summed E-state index contributed by atoms with van der Waals surface area (Å²) in [5.41, 5.74) is 2.06. The average molecular weight is 607 g/mol. The molecule has 0 radical (unpaired) electrons. The smallest absolute Gasteiger partial charge is 0.348 e. The Bertz CT molecular complexity index is 1340. The summed E-state index contributed by atoms with van der Waals surface area (Å²) >= 11 is 0. The Morgan fingerprint density at radius 2 is 1.37 bits per heavy atom. The second-order valence-corrected chi connectivity index (χ2v) is 11.5. The second-order valence-electron chi connectivity index (χ2n) is 11.5. The summed E-state index contributed by atoms with van der Waals surface area (Å²) in [7, 11) is 0. The van der Waals surface area contributed by atoms with Gasteiger partial charge in [0.1, 0.15) is 5.82 Å². The van der Waals surface area contributed by atoms with E-state index in [-0.39, 0.29) is 30.3 Å². The molecule has 0 amide bonds. The number of halogens is 6. The summed E-state index contributed by atoms with van der Waals surface area (Å²) in [5, 5.41) is 0. The molecule has 5 rings (SSSR count). The molecule has 0 N–H and O–H groups in total. The van der Waals surface area contributed by atoms with Gasteiger partial charge in [-0.2, -0.15) is 8.78 Å². The fourth-order valence-electron chi connectivity index (χ4n) is 5.95. The summed E-state index contributed by atoms with van der Waals surface area (Å²) in [5.74, 6) is -5.12. The van der Waals surface area contributed by atoms with Crippen LogP contribution in [0.15, 0.2) is 54.6 Å². The first kappa shape index (κ1) is 31.5. The van der Waals surface area contributed by atoms with Gasteiger partial charge in [0.25, 0.3) is 0 Å². The molecule has 232 valence electrons. The Morgan fingerprint density at radius 1 is 0.744 bits per heavy atom. The molecule has 0 atom stereocenters. The largest absolute Gasteiger partial charge is 0.383 e. The van der Waals surface area contributed by atoms with Crippen molar-refractivity contribution in [1.82, 2.24) is 0 Å². The fraction of sp³-hybridized carbons (Fsp3) is 0.471. The minimum atomic E-state index is -3.38. The minimum Gasteiger partial charge on any atom is -0.348 e. The van der Waals surface area contributed by atoms with Crippen LogP contribution < -0.4 is 0 Å². The number of hydrogen-bond donors (Lipinski definition) is 0. The number of hydrogen-bond acceptors (Lipinski definition) is 3. The SMILES string of the molecule is CCCCCc1ccc(C(F)(F)OC2CCC(c3ccc(C4COC(c5cc(F)c(F)c(F)c5)OC4)c(F)c3)CC2)cc1. The first-order valence-electron chi connectivity index (χ1n) is 15.0. The third kappa shape index (κ3) is 7.62. The monoisotopic (exact) mass is 606 g/mol. The molecule has 0 aromatic heterocycles. The third-order valence-electron chi connectivity index (χ3n) is 8.46. The van der Waals surface area contributed by atoms with Gasteiger partial charge in [-0.1, -0.05) is 56.2 Å². The zero-order valence-electron chi connectivity index (χ0n) is 24.1. The lowest BCUT2D eigenvalue weighted by Gasteiger charge is -2.32. The van der Waals surface area contributed by atoms with Gasteiger partial charge < -0.3 is 14.2 Å². The van der Waals surface area contributed by atoms with Crippen LogP contribution in [0.25, 0.3) is 0 Å². The van der Waals surface area contributed by atoms with Crippen LogP contribution in [0.2, 0.25) is 0 Å². The molecular formula is C34H36F6O3. The molecule has 3 aromatic rings. The number of alkyl halides is 2. The van der Waals surface area contributed by atoms with Crippen LogP contribution in [-0.2, 0) is 26.7 Å². The minimum absolute atomic E-state index is 0.00118. The van der Waals surface area contributed by atoms with Crippen molar-refractivity contribution in [3.05, 3.63) is 106 Å². The molecule has 0 spiro atoms. The first-order chi connectivity index (χ1) is 20.6. The molecule has 1 saturated carbocycles. The van der Waals surface area contributed by atoms with Gasteiger partial charge in [-0.15, -0.1) is 0 Å². The Kier molecular flexibility index (Phi) is 10.1. The summed E-state index contributed by atoms with van der Waals surface area (Å²) in [6, 6.07) is 13.0. The maximum atomic E-state index is 15.2. The first-order valence-corrected chi connectivity index (χ1v) is 15.0. The molecule has 3 nitrogen and oxygen atoms in total. The molecular weight excluding hydrogens is 570 g/mol. The highest BCUT2D eigenvalue weighted by molar-refractivity contribution is 5.31. The van der Waals surface area contributed by atoms with Crippen LogP contribution in [0, 0.1) is 23.3 Å². The molecule has 0 bridgehead atoms. The topological polar surface area (TPSA) is 27.7 Å². The van der Waals surface area contributed by atoms with Gasteiger partial charge in [-0.05, 0) is 79.3 Å².